The molecule has 1 saturated carbocycles. The molecule has 1 fully saturated rings. The largest absolute Gasteiger partial charge is 0.491 e. The molecule has 3 nitrogen and oxygen atoms in total. The fraction of sp³-hybridized carbons (Fsp3) is 0.417. The minimum absolute atomic E-state index is 0.126. The average Bonchev–Trinajstić information content (AvgIpc) is 2.95. The van der Waals surface area contributed by atoms with E-state index in [0.717, 1.165) is 25.7 Å². The lowest BCUT2D eigenvalue weighted by atomic mass is 10.0. The molecule has 98 valence electrons. The van der Waals surface area contributed by atoms with Gasteiger partial charge in [0.25, 0.3) is 0 Å². The summed E-state index contributed by atoms with van der Waals surface area (Å²) >= 11 is 6.93. The first-order chi connectivity index (χ1) is 8.42. The number of halogens is 3. The van der Waals surface area contributed by atoms with Crippen molar-refractivity contribution >= 4 is 73.6 Å². The molecule has 1 aliphatic carbocycles. The Bertz CT molecular complexity index is 463. The summed E-state index contributed by atoms with van der Waals surface area (Å²) in [6.45, 7) is 0.666. The van der Waals surface area contributed by atoms with Gasteiger partial charge in [0.1, 0.15) is 5.75 Å². The monoisotopic (exact) mass is 582 g/mol. The van der Waals surface area contributed by atoms with Gasteiger partial charge in [0.2, 0.25) is 0 Å². The van der Waals surface area contributed by atoms with Crippen LogP contribution in [0, 0.1) is 21.5 Å². The minimum Gasteiger partial charge on any atom is -0.491 e. The molecule has 0 unspecified atom stereocenters. The van der Waals surface area contributed by atoms with Crippen molar-refractivity contribution in [3.05, 3.63) is 22.8 Å². The van der Waals surface area contributed by atoms with E-state index in [9.17, 15) is 0 Å². The average molecular weight is 582 g/mol. The van der Waals surface area contributed by atoms with E-state index in [4.69, 9.17) is 15.9 Å². The number of benzene rings is 1. The maximum Gasteiger partial charge on any atom is 0.146 e. The fourth-order valence-electron chi connectivity index (χ4n) is 1.85. The van der Waals surface area contributed by atoms with Crippen molar-refractivity contribution < 1.29 is 4.74 Å². The standard InChI is InChI=1S/C12H13I3N2O/c13-7-3-8(14)11(9(15)4-7)18-6-12(1-2-12)5-10(16)17/h3-4H,1-2,5-6H2,(H3,16,17). The van der Waals surface area contributed by atoms with Crippen molar-refractivity contribution in [2.45, 2.75) is 19.3 Å². The first kappa shape index (κ1) is 15.1. The highest BCUT2D eigenvalue weighted by atomic mass is 127. The molecule has 0 amide bonds. The van der Waals surface area contributed by atoms with Crippen LogP contribution in [0.2, 0.25) is 0 Å². The third kappa shape index (κ3) is 3.84. The third-order valence-corrected chi connectivity index (χ3v) is 5.23. The van der Waals surface area contributed by atoms with Crippen LogP contribution >= 0.6 is 67.8 Å². The molecule has 0 aliphatic heterocycles. The summed E-state index contributed by atoms with van der Waals surface area (Å²) in [6, 6.07) is 4.23. The van der Waals surface area contributed by atoms with Crippen LogP contribution in [0.5, 0.6) is 5.75 Å². The molecule has 1 aliphatic rings. The molecule has 1 aromatic rings. The molecule has 0 radical (unpaired) electrons. The molecule has 0 spiro atoms. The summed E-state index contributed by atoms with van der Waals surface area (Å²) in [4.78, 5) is 0. The lowest BCUT2D eigenvalue weighted by molar-refractivity contribution is 0.235. The summed E-state index contributed by atoms with van der Waals surface area (Å²) in [5.41, 5.74) is 5.62. The van der Waals surface area contributed by atoms with Gasteiger partial charge in [-0.2, -0.15) is 0 Å². The van der Waals surface area contributed by atoms with Gasteiger partial charge in [0, 0.05) is 15.4 Å². The Morgan fingerprint density at radius 3 is 2.28 bits per heavy atom. The van der Waals surface area contributed by atoms with E-state index in [2.05, 4.69) is 79.9 Å². The summed E-state index contributed by atoms with van der Waals surface area (Å²) in [6.07, 6.45) is 2.89. The topological polar surface area (TPSA) is 59.1 Å². The minimum atomic E-state index is 0.126. The van der Waals surface area contributed by atoms with Crippen LogP contribution in [0.15, 0.2) is 12.1 Å². The van der Waals surface area contributed by atoms with Gasteiger partial charge < -0.3 is 10.5 Å². The van der Waals surface area contributed by atoms with E-state index in [1.165, 1.54) is 3.57 Å². The van der Waals surface area contributed by atoms with Crippen molar-refractivity contribution in [2.75, 3.05) is 6.61 Å². The van der Waals surface area contributed by atoms with E-state index in [0.29, 0.717) is 13.0 Å². The van der Waals surface area contributed by atoms with E-state index in [1.54, 1.807) is 0 Å². The van der Waals surface area contributed by atoms with Crippen molar-refractivity contribution in [3.63, 3.8) is 0 Å². The maximum atomic E-state index is 7.40. The number of nitrogens with two attached hydrogens (primary N) is 1. The van der Waals surface area contributed by atoms with Gasteiger partial charge in [-0.25, -0.2) is 0 Å². The normalized spacial score (nSPS) is 16.4. The quantitative estimate of drug-likeness (QED) is 0.314. The smallest absolute Gasteiger partial charge is 0.146 e. The number of rotatable bonds is 5. The van der Waals surface area contributed by atoms with Gasteiger partial charge in [-0.3, -0.25) is 5.41 Å². The molecule has 0 atom stereocenters. The molecule has 3 N–H and O–H groups in total. The predicted octanol–water partition coefficient (Wildman–Crippen LogP) is 3.99. The molecular weight excluding hydrogens is 569 g/mol. The molecule has 18 heavy (non-hydrogen) atoms. The zero-order chi connectivity index (χ0) is 13.3. The van der Waals surface area contributed by atoms with Gasteiger partial charge in [-0.05, 0) is 92.7 Å². The van der Waals surface area contributed by atoms with Gasteiger partial charge in [0.05, 0.1) is 19.6 Å². The molecule has 0 saturated heterocycles. The number of hydrogen-bond donors (Lipinski definition) is 2. The van der Waals surface area contributed by atoms with E-state index >= 15 is 0 Å². The Morgan fingerprint density at radius 2 is 1.83 bits per heavy atom. The molecule has 0 bridgehead atoms. The zero-order valence-corrected chi connectivity index (χ0v) is 16.1. The number of hydrogen-bond acceptors (Lipinski definition) is 2. The van der Waals surface area contributed by atoms with Crippen LogP contribution in [-0.2, 0) is 0 Å². The van der Waals surface area contributed by atoms with Crippen LogP contribution in [0.1, 0.15) is 19.3 Å². The highest BCUT2D eigenvalue weighted by Crippen LogP contribution is 2.49. The first-order valence-electron chi connectivity index (χ1n) is 5.52. The maximum absolute atomic E-state index is 7.40. The Balaban J connectivity index is 2.05. The van der Waals surface area contributed by atoms with Crippen molar-refractivity contribution in [3.8, 4) is 5.75 Å². The SMILES string of the molecule is N=C(N)CC1(COc2c(I)cc(I)cc2I)CC1. The Hall–Kier alpha value is 0.680. The van der Waals surface area contributed by atoms with Crippen LogP contribution in [0.3, 0.4) is 0 Å². The fourth-order valence-corrected chi connectivity index (χ4v) is 5.74. The summed E-state index contributed by atoms with van der Waals surface area (Å²) < 4.78 is 9.48. The molecule has 2 rings (SSSR count). The lowest BCUT2D eigenvalue weighted by Gasteiger charge is -2.17. The molecule has 6 heteroatoms. The second-order valence-corrected chi connectivity index (χ2v) is 8.26. The first-order valence-corrected chi connectivity index (χ1v) is 8.76. The van der Waals surface area contributed by atoms with E-state index < -0.39 is 0 Å². The zero-order valence-electron chi connectivity index (χ0n) is 9.60. The highest BCUT2D eigenvalue weighted by Gasteiger charge is 2.44. The Morgan fingerprint density at radius 1 is 1.28 bits per heavy atom. The number of amidine groups is 1. The molecule has 0 aromatic heterocycles. The number of nitrogens with one attached hydrogen (secondary N) is 1. The van der Waals surface area contributed by atoms with Gasteiger partial charge in [-0.1, -0.05) is 0 Å². The van der Waals surface area contributed by atoms with Gasteiger partial charge >= 0.3 is 0 Å². The van der Waals surface area contributed by atoms with Crippen LogP contribution in [0.4, 0.5) is 0 Å². The molecular formula is C12H13I3N2O. The van der Waals surface area contributed by atoms with Crippen LogP contribution in [0.25, 0.3) is 0 Å². The van der Waals surface area contributed by atoms with Crippen molar-refractivity contribution in [2.24, 2.45) is 11.1 Å². The van der Waals surface area contributed by atoms with Gasteiger partial charge in [-0.15, -0.1) is 0 Å². The summed E-state index contributed by atoms with van der Waals surface area (Å²) in [5.74, 6) is 1.23. The number of ether oxygens (including phenoxy) is 1. The Labute approximate surface area is 148 Å². The van der Waals surface area contributed by atoms with E-state index in [1.807, 2.05) is 0 Å². The van der Waals surface area contributed by atoms with E-state index in [-0.39, 0.29) is 11.3 Å². The highest BCUT2D eigenvalue weighted by molar-refractivity contribution is 14.1. The predicted molar refractivity (Wildman–Crippen MR) is 98.3 cm³/mol. The molecule has 0 heterocycles. The van der Waals surface area contributed by atoms with Gasteiger partial charge in [0.15, 0.2) is 0 Å². The van der Waals surface area contributed by atoms with Crippen molar-refractivity contribution in [1.29, 1.82) is 5.41 Å². The molecule has 1 aromatic carbocycles. The Kier molecular flexibility index (Phi) is 5.01. The third-order valence-electron chi connectivity index (χ3n) is 3.01. The van der Waals surface area contributed by atoms with Crippen LogP contribution in [-0.4, -0.2) is 12.4 Å². The van der Waals surface area contributed by atoms with Crippen molar-refractivity contribution in [1.82, 2.24) is 0 Å². The second kappa shape index (κ2) is 5.98. The lowest BCUT2D eigenvalue weighted by Crippen LogP contribution is -2.22. The summed E-state index contributed by atoms with van der Waals surface area (Å²) in [7, 11) is 0. The van der Waals surface area contributed by atoms with Crippen LogP contribution < -0.4 is 10.5 Å². The summed E-state index contributed by atoms with van der Waals surface area (Å²) in [5, 5.41) is 7.40. The second-order valence-electron chi connectivity index (χ2n) is 4.69.